The maximum Gasteiger partial charge on any atom is 0.325 e. The molecule has 0 aliphatic carbocycles. The van der Waals surface area contributed by atoms with Crippen LogP contribution in [0.15, 0.2) is 22.8 Å². The molecular formula is C11H14N2O5. The van der Waals surface area contributed by atoms with E-state index in [0.29, 0.717) is 0 Å². The molecule has 2 amide bonds. The van der Waals surface area contributed by atoms with E-state index in [1.54, 1.807) is 6.07 Å². The number of hydrogen-bond donors (Lipinski definition) is 1. The van der Waals surface area contributed by atoms with Gasteiger partial charge in [0.05, 0.1) is 19.9 Å². The van der Waals surface area contributed by atoms with Crippen molar-refractivity contribution in [3.05, 3.63) is 24.2 Å². The lowest BCUT2D eigenvalue weighted by Crippen LogP contribution is -2.40. The highest BCUT2D eigenvalue weighted by Gasteiger charge is 2.17. The second kappa shape index (κ2) is 6.43. The molecule has 0 saturated carbocycles. The number of methoxy groups -OCH3 is 1. The van der Waals surface area contributed by atoms with Crippen LogP contribution in [0.2, 0.25) is 0 Å². The lowest BCUT2D eigenvalue weighted by atomic mass is 10.4. The lowest BCUT2D eigenvalue weighted by Gasteiger charge is -2.14. The third-order valence-corrected chi connectivity index (χ3v) is 2.12. The number of esters is 1. The average molecular weight is 254 g/mol. The molecule has 18 heavy (non-hydrogen) atoms. The van der Waals surface area contributed by atoms with Gasteiger partial charge in [-0.25, -0.2) is 0 Å². The number of amides is 2. The molecule has 7 nitrogen and oxygen atoms in total. The number of nitrogens with one attached hydrogen (secondary N) is 1. The normalized spacial score (nSPS) is 9.67. The number of carbonyl (C=O) groups is 3. The molecule has 7 heteroatoms. The standard InChI is InChI=1S/C11H14N2O5/c1-13(11(16)8-4-3-5-18-8)7-9(14)12-6-10(15)17-2/h3-5H,6-7H2,1-2H3,(H,12,14). The van der Waals surface area contributed by atoms with Gasteiger partial charge in [0.1, 0.15) is 6.54 Å². The van der Waals surface area contributed by atoms with E-state index in [1.807, 2.05) is 0 Å². The molecule has 0 aromatic carbocycles. The van der Waals surface area contributed by atoms with Crippen LogP contribution in [0.4, 0.5) is 0 Å². The molecule has 0 radical (unpaired) electrons. The largest absolute Gasteiger partial charge is 0.468 e. The van der Waals surface area contributed by atoms with Gasteiger partial charge in [-0.1, -0.05) is 0 Å². The van der Waals surface area contributed by atoms with Crippen LogP contribution in [0.3, 0.4) is 0 Å². The Morgan fingerprint density at radius 3 is 2.72 bits per heavy atom. The van der Waals surface area contributed by atoms with Gasteiger partial charge in [-0.05, 0) is 12.1 Å². The highest BCUT2D eigenvalue weighted by molar-refractivity contribution is 5.94. The Kier molecular flexibility index (Phi) is 4.91. The Balaban J connectivity index is 2.40. The first-order valence-corrected chi connectivity index (χ1v) is 5.17. The first kappa shape index (κ1) is 13.8. The summed E-state index contributed by atoms with van der Waals surface area (Å²) in [5.74, 6) is -1.27. The van der Waals surface area contributed by atoms with Gasteiger partial charge in [-0.2, -0.15) is 0 Å². The van der Waals surface area contributed by atoms with Gasteiger partial charge in [0, 0.05) is 7.05 Å². The number of likely N-dealkylation sites (N-methyl/N-ethyl adjacent to an activating group) is 1. The summed E-state index contributed by atoms with van der Waals surface area (Å²) in [7, 11) is 2.68. The topological polar surface area (TPSA) is 88.9 Å². The Hall–Kier alpha value is -2.31. The van der Waals surface area contributed by atoms with Crippen LogP contribution >= 0.6 is 0 Å². The van der Waals surface area contributed by atoms with E-state index in [1.165, 1.54) is 31.4 Å². The molecule has 0 saturated heterocycles. The molecule has 0 bridgehead atoms. The molecule has 0 aliphatic rings. The van der Waals surface area contributed by atoms with Gasteiger partial charge in [0.2, 0.25) is 5.91 Å². The fourth-order valence-corrected chi connectivity index (χ4v) is 1.17. The molecule has 1 rings (SSSR count). The van der Waals surface area contributed by atoms with Crippen molar-refractivity contribution in [2.75, 3.05) is 27.2 Å². The van der Waals surface area contributed by atoms with Crippen molar-refractivity contribution < 1.29 is 23.5 Å². The zero-order valence-corrected chi connectivity index (χ0v) is 10.1. The van der Waals surface area contributed by atoms with Gasteiger partial charge in [-0.15, -0.1) is 0 Å². The van der Waals surface area contributed by atoms with E-state index in [9.17, 15) is 14.4 Å². The van der Waals surface area contributed by atoms with Gasteiger partial charge in [0.15, 0.2) is 5.76 Å². The van der Waals surface area contributed by atoms with Crippen LogP contribution in [0.25, 0.3) is 0 Å². The number of rotatable bonds is 5. The van der Waals surface area contributed by atoms with Gasteiger partial charge >= 0.3 is 5.97 Å². The molecule has 0 atom stereocenters. The quantitative estimate of drug-likeness (QED) is 0.725. The maximum atomic E-state index is 11.7. The molecule has 0 unspecified atom stereocenters. The zero-order valence-electron chi connectivity index (χ0n) is 10.1. The van der Waals surface area contributed by atoms with Crippen LogP contribution in [-0.4, -0.2) is 49.9 Å². The van der Waals surface area contributed by atoms with Crippen molar-refractivity contribution in [2.45, 2.75) is 0 Å². The van der Waals surface area contributed by atoms with Gasteiger partial charge in [-0.3, -0.25) is 14.4 Å². The van der Waals surface area contributed by atoms with E-state index in [2.05, 4.69) is 10.1 Å². The highest BCUT2D eigenvalue weighted by atomic mass is 16.5. The third-order valence-electron chi connectivity index (χ3n) is 2.12. The van der Waals surface area contributed by atoms with Crippen molar-refractivity contribution in [3.8, 4) is 0 Å². The van der Waals surface area contributed by atoms with Crippen molar-refractivity contribution >= 4 is 17.8 Å². The smallest absolute Gasteiger partial charge is 0.325 e. The molecule has 0 fully saturated rings. The monoisotopic (exact) mass is 254 g/mol. The molecule has 1 aromatic rings. The number of ether oxygens (including phenoxy) is 1. The zero-order chi connectivity index (χ0) is 13.5. The average Bonchev–Trinajstić information content (AvgIpc) is 2.88. The predicted octanol–water partition coefficient (Wildman–Crippen LogP) is -0.359. The fraction of sp³-hybridized carbons (Fsp3) is 0.364. The Labute approximate surface area is 104 Å². The molecule has 1 heterocycles. The summed E-state index contributed by atoms with van der Waals surface area (Å²) in [6, 6.07) is 3.09. The SMILES string of the molecule is COC(=O)CNC(=O)CN(C)C(=O)c1ccco1. The van der Waals surface area contributed by atoms with E-state index >= 15 is 0 Å². The summed E-state index contributed by atoms with van der Waals surface area (Å²) < 4.78 is 9.28. The summed E-state index contributed by atoms with van der Waals surface area (Å²) >= 11 is 0. The molecule has 0 spiro atoms. The van der Waals surface area contributed by atoms with E-state index in [-0.39, 0.29) is 18.8 Å². The van der Waals surface area contributed by atoms with Crippen LogP contribution in [-0.2, 0) is 14.3 Å². The van der Waals surface area contributed by atoms with Gasteiger partial charge in [0.25, 0.3) is 5.91 Å². The van der Waals surface area contributed by atoms with Crippen molar-refractivity contribution in [3.63, 3.8) is 0 Å². The van der Waals surface area contributed by atoms with Crippen LogP contribution in [0, 0.1) is 0 Å². The predicted molar refractivity (Wildman–Crippen MR) is 60.7 cm³/mol. The Bertz CT molecular complexity index is 427. The minimum Gasteiger partial charge on any atom is -0.468 e. The minimum absolute atomic E-state index is 0.151. The summed E-state index contributed by atoms with van der Waals surface area (Å²) in [4.78, 5) is 35.1. The van der Waals surface area contributed by atoms with Gasteiger partial charge < -0.3 is 19.4 Å². The van der Waals surface area contributed by atoms with Crippen LogP contribution < -0.4 is 5.32 Å². The van der Waals surface area contributed by atoms with Crippen LogP contribution in [0.1, 0.15) is 10.6 Å². The van der Waals surface area contributed by atoms with E-state index in [4.69, 9.17) is 4.42 Å². The van der Waals surface area contributed by atoms with Crippen molar-refractivity contribution in [2.24, 2.45) is 0 Å². The summed E-state index contributed by atoms with van der Waals surface area (Å²) in [5.41, 5.74) is 0. The van der Waals surface area contributed by atoms with E-state index in [0.717, 1.165) is 0 Å². The molecule has 1 aromatic heterocycles. The second-order valence-corrected chi connectivity index (χ2v) is 3.49. The fourth-order valence-electron chi connectivity index (χ4n) is 1.17. The molecular weight excluding hydrogens is 240 g/mol. The van der Waals surface area contributed by atoms with Crippen molar-refractivity contribution in [1.82, 2.24) is 10.2 Å². The number of hydrogen-bond acceptors (Lipinski definition) is 5. The summed E-state index contributed by atoms with van der Waals surface area (Å²) in [5, 5.41) is 2.33. The summed E-state index contributed by atoms with van der Waals surface area (Å²) in [6.07, 6.45) is 1.37. The first-order valence-electron chi connectivity index (χ1n) is 5.17. The van der Waals surface area contributed by atoms with Crippen molar-refractivity contribution in [1.29, 1.82) is 0 Å². The maximum absolute atomic E-state index is 11.7. The Morgan fingerprint density at radius 1 is 1.44 bits per heavy atom. The van der Waals surface area contributed by atoms with E-state index < -0.39 is 17.8 Å². The highest BCUT2D eigenvalue weighted by Crippen LogP contribution is 2.03. The minimum atomic E-state index is -0.552. The number of furan rings is 1. The second-order valence-electron chi connectivity index (χ2n) is 3.49. The lowest BCUT2D eigenvalue weighted by molar-refractivity contribution is -0.141. The molecule has 0 aliphatic heterocycles. The molecule has 98 valence electrons. The summed E-state index contributed by atoms with van der Waals surface area (Å²) in [6.45, 7) is -0.394. The Morgan fingerprint density at radius 2 is 2.17 bits per heavy atom. The third kappa shape index (κ3) is 3.93. The van der Waals surface area contributed by atoms with Crippen LogP contribution in [0.5, 0.6) is 0 Å². The number of carbonyl (C=O) groups excluding carboxylic acids is 3. The molecule has 1 N–H and O–H groups in total. The number of nitrogens with zero attached hydrogens (tertiary/aromatic N) is 1. The first-order chi connectivity index (χ1) is 8.54.